The molecule has 2 nitrogen and oxygen atoms in total. The number of ketones is 1. The predicted molar refractivity (Wildman–Crippen MR) is 56.8 cm³/mol. The lowest BCUT2D eigenvalue weighted by Gasteiger charge is -2.10. The molecule has 0 atom stereocenters. The molecule has 14 heavy (non-hydrogen) atoms. The van der Waals surface area contributed by atoms with Crippen molar-refractivity contribution in [3.8, 4) is 5.75 Å². The highest BCUT2D eigenvalue weighted by molar-refractivity contribution is 5.77. The van der Waals surface area contributed by atoms with Crippen LogP contribution in [0.3, 0.4) is 0 Å². The van der Waals surface area contributed by atoms with E-state index in [1.807, 2.05) is 26.8 Å². The normalized spacial score (nSPS) is 10.0. The van der Waals surface area contributed by atoms with Gasteiger partial charge in [0, 0.05) is 0 Å². The van der Waals surface area contributed by atoms with Crippen LogP contribution >= 0.6 is 0 Å². The fourth-order valence-electron chi connectivity index (χ4n) is 1.33. The summed E-state index contributed by atoms with van der Waals surface area (Å²) >= 11 is 0. The smallest absolute Gasteiger partial charge is 0.167 e. The molecule has 0 saturated carbocycles. The molecule has 0 unspecified atom stereocenters. The monoisotopic (exact) mass is 192 g/mol. The molecule has 0 saturated heterocycles. The van der Waals surface area contributed by atoms with Gasteiger partial charge in [0.15, 0.2) is 5.78 Å². The van der Waals surface area contributed by atoms with Gasteiger partial charge < -0.3 is 4.74 Å². The zero-order chi connectivity index (χ0) is 10.7. The van der Waals surface area contributed by atoms with Crippen LogP contribution in [0.15, 0.2) is 12.1 Å². The van der Waals surface area contributed by atoms with Crippen LogP contribution in [-0.2, 0) is 4.79 Å². The Bertz CT molecular complexity index is 354. The molecule has 2 heteroatoms. The van der Waals surface area contributed by atoms with Crippen LogP contribution in [-0.4, -0.2) is 12.4 Å². The fourth-order valence-corrected chi connectivity index (χ4v) is 1.33. The summed E-state index contributed by atoms with van der Waals surface area (Å²) in [6.07, 6.45) is 0. The number of hydrogen-bond acceptors (Lipinski definition) is 2. The van der Waals surface area contributed by atoms with Crippen LogP contribution < -0.4 is 4.74 Å². The molecule has 0 N–H and O–H groups in total. The van der Waals surface area contributed by atoms with Crippen molar-refractivity contribution in [1.29, 1.82) is 0 Å². The molecule has 1 aromatic rings. The van der Waals surface area contributed by atoms with Gasteiger partial charge in [-0.2, -0.15) is 0 Å². The highest BCUT2D eigenvalue weighted by Gasteiger charge is 2.04. The van der Waals surface area contributed by atoms with Gasteiger partial charge in [-0.05, 0) is 50.5 Å². The van der Waals surface area contributed by atoms with E-state index >= 15 is 0 Å². The molecule has 0 aromatic heterocycles. The molecule has 1 rings (SSSR count). The van der Waals surface area contributed by atoms with Crippen molar-refractivity contribution >= 4 is 5.78 Å². The second-order valence-electron chi connectivity index (χ2n) is 3.70. The Hall–Kier alpha value is -1.31. The largest absolute Gasteiger partial charge is 0.486 e. The molecule has 0 aliphatic rings. The lowest BCUT2D eigenvalue weighted by molar-refractivity contribution is -0.118. The van der Waals surface area contributed by atoms with Crippen LogP contribution in [0.2, 0.25) is 0 Å². The fraction of sp³-hybridized carbons (Fsp3) is 0.417. The molecule has 0 spiro atoms. The standard InChI is InChI=1S/C12H16O2/c1-8-5-9(2)11(4)12(6-8)14-7-10(3)13/h5-6H,7H2,1-4H3. The van der Waals surface area contributed by atoms with Gasteiger partial charge in [0.1, 0.15) is 12.4 Å². The third-order valence-corrected chi connectivity index (χ3v) is 2.19. The molecule has 0 heterocycles. The zero-order valence-electron chi connectivity index (χ0n) is 9.18. The molecule has 0 amide bonds. The SMILES string of the molecule is CC(=O)COc1cc(C)cc(C)c1C. The summed E-state index contributed by atoms with van der Waals surface area (Å²) in [6.45, 7) is 7.75. The first-order valence-corrected chi connectivity index (χ1v) is 4.71. The van der Waals surface area contributed by atoms with Gasteiger partial charge in [0.25, 0.3) is 0 Å². The van der Waals surface area contributed by atoms with Gasteiger partial charge in [-0.15, -0.1) is 0 Å². The van der Waals surface area contributed by atoms with Gasteiger partial charge in [-0.25, -0.2) is 0 Å². The van der Waals surface area contributed by atoms with Crippen LogP contribution in [0.5, 0.6) is 5.75 Å². The Morgan fingerprint density at radius 2 is 1.93 bits per heavy atom. The first kappa shape index (κ1) is 10.8. The van der Waals surface area contributed by atoms with Crippen LogP contribution in [0.1, 0.15) is 23.6 Å². The maximum Gasteiger partial charge on any atom is 0.167 e. The first-order valence-electron chi connectivity index (χ1n) is 4.71. The van der Waals surface area contributed by atoms with E-state index in [2.05, 4.69) is 6.07 Å². The van der Waals surface area contributed by atoms with E-state index < -0.39 is 0 Å². The molecule has 0 bridgehead atoms. The Morgan fingerprint density at radius 3 is 2.50 bits per heavy atom. The van der Waals surface area contributed by atoms with Gasteiger partial charge in [0.2, 0.25) is 0 Å². The average Bonchev–Trinajstić information content (AvgIpc) is 2.08. The molecule has 1 aromatic carbocycles. The average molecular weight is 192 g/mol. The highest BCUT2D eigenvalue weighted by Crippen LogP contribution is 2.23. The Labute approximate surface area is 84.9 Å². The van der Waals surface area contributed by atoms with Crippen molar-refractivity contribution in [3.05, 3.63) is 28.8 Å². The molecule has 0 aliphatic heterocycles. The minimum absolute atomic E-state index is 0.0450. The highest BCUT2D eigenvalue weighted by atomic mass is 16.5. The van der Waals surface area contributed by atoms with E-state index in [0.29, 0.717) is 0 Å². The summed E-state index contributed by atoms with van der Waals surface area (Å²) in [5.74, 6) is 0.862. The summed E-state index contributed by atoms with van der Waals surface area (Å²) in [5, 5.41) is 0. The summed E-state index contributed by atoms with van der Waals surface area (Å²) in [7, 11) is 0. The molecule has 76 valence electrons. The second kappa shape index (κ2) is 4.27. The molecular weight excluding hydrogens is 176 g/mol. The number of hydrogen-bond donors (Lipinski definition) is 0. The zero-order valence-corrected chi connectivity index (χ0v) is 9.18. The number of Topliss-reactive ketones (excluding diaryl/α,β-unsaturated/α-hetero) is 1. The summed E-state index contributed by atoms with van der Waals surface area (Å²) in [5.41, 5.74) is 3.46. The van der Waals surface area contributed by atoms with Gasteiger partial charge in [-0.1, -0.05) is 6.07 Å². The minimum Gasteiger partial charge on any atom is -0.486 e. The first-order chi connectivity index (χ1) is 6.50. The topological polar surface area (TPSA) is 26.3 Å². The Morgan fingerprint density at radius 1 is 1.29 bits per heavy atom. The van der Waals surface area contributed by atoms with Gasteiger partial charge >= 0.3 is 0 Å². The lowest BCUT2D eigenvalue weighted by Crippen LogP contribution is -2.07. The van der Waals surface area contributed by atoms with E-state index in [9.17, 15) is 4.79 Å². The summed E-state index contributed by atoms with van der Waals surface area (Å²) in [4.78, 5) is 10.8. The Balaban J connectivity index is 2.90. The van der Waals surface area contributed by atoms with Crippen LogP contribution in [0.4, 0.5) is 0 Å². The number of carbonyl (C=O) groups is 1. The molecule has 0 fully saturated rings. The van der Waals surface area contributed by atoms with E-state index in [1.54, 1.807) is 0 Å². The number of benzene rings is 1. The van der Waals surface area contributed by atoms with Crippen molar-refractivity contribution < 1.29 is 9.53 Å². The van der Waals surface area contributed by atoms with E-state index in [4.69, 9.17) is 4.74 Å². The van der Waals surface area contributed by atoms with Crippen molar-refractivity contribution in [2.75, 3.05) is 6.61 Å². The number of ether oxygens (including phenoxy) is 1. The maximum absolute atomic E-state index is 10.8. The quantitative estimate of drug-likeness (QED) is 0.735. The molecule has 0 radical (unpaired) electrons. The van der Waals surface area contributed by atoms with E-state index in [1.165, 1.54) is 12.5 Å². The number of aryl methyl sites for hydroxylation is 2. The summed E-state index contributed by atoms with van der Waals surface area (Å²) < 4.78 is 5.41. The van der Waals surface area contributed by atoms with Crippen LogP contribution in [0.25, 0.3) is 0 Å². The second-order valence-corrected chi connectivity index (χ2v) is 3.70. The number of carbonyl (C=O) groups excluding carboxylic acids is 1. The van der Waals surface area contributed by atoms with E-state index in [-0.39, 0.29) is 12.4 Å². The van der Waals surface area contributed by atoms with Crippen molar-refractivity contribution in [3.63, 3.8) is 0 Å². The molecular formula is C12H16O2. The minimum atomic E-state index is 0.0450. The van der Waals surface area contributed by atoms with Gasteiger partial charge in [-0.3, -0.25) is 4.79 Å². The molecule has 0 aliphatic carbocycles. The third kappa shape index (κ3) is 2.59. The number of rotatable bonds is 3. The third-order valence-electron chi connectivity index (χ3n) is 2.19. The lowest BCUT2D eigenvalue weighted by atomic mass is 10.1. The van der Waals surface area contributed by atoms with Crippen LogP contribution in [0, 0.1) is 20.8 Å². The van der Waals surface area contributed by atoms with Crippen molar-refractivity contribution in [2.45, 2.75) is 27.7 Å². The van der Waals surface area contributed by atoms with E-state index in [0.717, 1.165) is 16.9 Å². The van der Waals surface area contributed by atoms with Crippen molar-refractivity contribution in [1.82, 2.24) is 0 Å². The Kier molecular flexibility index (Phi) is 3.28. The van der Waals surface area contributed by atoms with Crippen molar-refractivity contribution in [2.24, 2.45) is 0 Å². The maximum atomic E-state index is 10.8. The predicted octanol–water partition coefficient (Wildman–Crippen LogP) is 2.58. The van der Waals surface area contributed by atoms with Gasteiger partial charge in [0.05, 0.1) is 0 Å². The summed E-state index contributed by atoms with van der Waals surface area (Å²) in [6, 6.07) is 4.07.